The number of furan rings is 1. The zero-order chi connectivity index (χ0) is 15.2. The van der Waals surface area contributed by atoms with Crippen molar-refractivity contribution in [1.29, 1.82) is 5.26 Å². The summed E-state index contributed by atoms with van der Waals surface area (Å²) in [5.41, 5.74) is 3.51. The molecule has 3 aromatic rings. The molecule has 2 aromatic carbocycles. The highest BCUT2D eigenvalue weighted by Gasteiger charge is 2.40. The molecule has 22 heavy (non-hydrogen) atoms. The van der Waals surface area contributed by atoms with Gasteiger partial charge in [-0.3, -0.25) is 4.90 Å². The van der Waals surface area contributed by atoms with Crippen LogP contribution in [0, 0.1) is 11.3 Å². The van der Waals surface area contributed by atoms with E-state index in [0.29, 0.717) is 6.54 Å². The van der Waals surface area contributed by atoms with Gasteiger partial charge in [-0.1, -0.05) is 36.4 Å². The Morgan fingerprint density at radius 1 is 1.18 bits per heavy atom. The molecule has 0 fully saturated rings. The minimum absolute atomic E-state index is 0.648. The van der Waals surface area contributed by atoms with Gasteiger partial charge < -0.3 is 4.42 Å². The van der Waals surface area contributed by atoms with Crippen LogP contribution >= 0.6 is 0 Å². The fraction of sp³-hybridized carbons (Fsp3) is 0.211. The first-order chi connectivity index (χ1) is 10.7. The Morgan fingerprint density at radius 2 is 2.05 bits per heavy atom. The van der Waals surface area contributed by atoms with E-state index in [1.165, 1.54) is 5.56 Å². The maximum absolute atomic E-state index is 10.1. The molecule has 4 rings (SSSR count). The molecule has 0 aliphatic carbocycles. The third kappa shape index (κ3) is 1.78. The number of hydrogen-bond donors (Lipinski definition) is 0. The van der Waals surface area contributed by atoms with Crippen LogP contribution in [0.1, 0.15) is 16.7 Å². The third-order valence-corrected chi connectivity index (χ3v) is 4.56. The number of rotatable bonds is 1. The summed E-state index contributed by atoms with van der Waals surface area (Å²) in [6.45, 7) is 1.56. The Bertz CT molecular complexity index is 890. The van der Waals surface area contributed by atoms with Crippen molar-refractivity contribution in [1.82, 2.24) is 4.90 Å². The smallest absolute Gasteiger partial charge is 0.134 e. The van der Waals surface area contributed by atoms with Crippen LogP contribution in [0.4, 0.5) is 0 Å². The molecule has 3 nitrogen and oxygen atoms in total. The van der Waals surface area contributed by atoms with Gasteiger partial charge >= 0.3 is 0 Å². The van der Waals surface area contributed by atoms with Crippen molar-refractivity contribution in [2.24, 2.45) is 0 Å². The van der Waals surface area contributed by atoms with E-state index in [0.717, 1.165) is 28.6 Å². The minimum atomic E-state index is -0.648. The SMILES string of the molecule is CN1Cc2ccccc2C(C#N)(c2ccc3ccoc3c2)C1. The van der Waals surface area contributed by atoms with E-state index in [-0.39, 0.29) is 0 Å². The minimum Gasteiger partial charge on any atom is -0.464 e. The van der Waals surface area contributed by atoms with E-state index in [1.54, 1.807) is 6.26 Å². The van der Waals surface area contributed by atoms with Crippen LogP contribution in [-0.4, -0.2) is 18.5 Å². The Balaban J connectivity index is 1.98. The van der Waals surface area contributed by atoms with Gasteiger partial charge in [0, 0.05) is 18.5 Å². The molecule has 1 aromatic heterocycles. The summed E-state index contributed by atoms with van der Waals surface area (Å²) >= 11 is 0. The summed E-state index contributed by atoms with van der Waals surface area (Å²) in [5, 5.41) is 11.1. The molecule has 3 heteroatoms. The molecular formula is C19H16N2O. The second kappa shape index (κ2) is 4.72. The molecule has 1 unspecified atom stereocenters. The predicted octanol–water partition coefficient (Wildman–Crippen LogP) is 3.69. The molecule has 108 valence electrons. The van der Waals surface area contributed by atoms with E-state index < -0.39 is 5.41 Å². The van der Waals surface area contributed by atoms with Crippen molar-refractivity contribution in [3.63, 3.8) is 0 Å². The lowest BCUT2D eigenvalue weighted by Gasteiger charge is -2.38. The molecule has 1 aliphatic rings. The highest BCUT2D eigenvalue weighted by Crippen LogP contribution is 2.39. The van der Waals surface area contributed by atoms with Crippen molar-refractivity contribution < 1.29 is 4.42 Å². The summed E-state index contributed by atoms with van der Waals surface area (Å²) in [6.07, 6.45) is 1.69. The first-order valence-corrected chi connectivity index (χ1v) is 7.39. The van der Waals surface area contributed by atoms with Crippen LogP contribution < -0.4 is 0 Å². The van der Waals surface area contributed by atoms with Crippen LogP contribution in [0.5, 0.6) is 0 Å². The fourth-order valence-corrected chi connectivity index (χ4v) is 3.54. The fourth-order valence-electron chi connectivity index (χ4n) is 3.54. The molecule has 0 bridgehead atoms. The Kier molecular flexibility index (Phi) is 2.82. The van der Waals surface area contributed by atoms with Crippen LogP contribution in [0.25, 0.3) is 11.0 Å². The zero-order valence-electron chi connectivity index (χ0n) is 12.4. The normalized spacial score (nSPS) is 21.5. The van der Waals surface area contributed by atoms with Gasteiger partial charge in [0.1, 0.15) is 11.0 Å². The molecule has 1 atom stereocenters. The first-order valence-electron chi connectivity index (χ1n) is 7.39. The summed E-state index contributed by atoms with van der Waals surface area (Å²) in [6, 6.07) is 18.9. The number of nitrogens with zero attached hydrogens (tertiary/aromatic N) is 2. The van der Waals surface area contributed by atoms with E-state index >= 15 is 0 Å². The number of likely N-dealkylation sites (N-methyl/N-ethyl adjacent to an activating group) is 1. The van der Waals surface area contributed by atoms with E-state index in [4.69, 9.17) is 4.42 Å². The molecule has 2 heterocycles. The average molecular weight is 288 g/mol. The zero-order valence-corrected chi connectivity index (χ0v) is 12.4. The number of hydrogen-bond acceptors (Lipinski definition) is 3. The highest BCUT2D eigenvalue weighted by atomic mass is 16.3. The van der Waals surface area contributed by atoms with Gasteiger partial charge in [-0.15, -0.1) is 0 Å². The summed E-state index contributed by atoms with van der Waals surface area (Å²) < 4.78 is 5.53. The van der Waals surface area contributed by atoms with Crippen molar-refractivity contribution in [2.75, 3.05) is 13.6 Å². The van der Waals surface area contributed by atoms with Crippen LogP contribution in [-0.2, 0) is 12.0 Å². The second-order valence-corrected chi connectivity index (χ2v) is 6.02. The lowest BCUT2D eigenvalue weighted by molar-refractivity contribution is 0.267. The Hall–Kier alpha value is -2.57. The maximum atomic E-state index is 10.1. The van der Waals surface area contributed by atoms with Crippen molar-refractivity contribution in [3.05, 3.63) is 71.5 Å². The van der Waals surface area contributed by atoms with Crippen LogP contribution in [0.15, 0.2) is 59.2 Å². The number of benzene rings is 2. The van der Waals surface area contributed by atoms with Crippen molar-refractivity contribution >= 4 is 11.0 Å². The topological polar surface area (TPSA) is 40.2 Å². The highest BCUT2D eigenvalue weighted by molar-refractivity contribution is 5.78. The molecule has 0 amide bonds. The van der Waals surface area contributed by atoms with Crippen molar-refractivity contribution in [3.8, 4) is 6.07 Å². The van der Waals surface area contributed by atoms with Gasteiger partial charge in [0.05, 0.1) is 12.3 Å². The molecule has 0 saturated carbocycles. The molecule has 1 aliphatic heterocycles. The molecule has 0 saturated heterocycles. The van der Waals surface area contributed by atoms with Crippen LogP contribution in [0.2, 0.25) is 0 Å². The quantitative estimate of drug-likeness (QED) is 0.685. The second-order valence-electron chi connectivity index (χ2n) is 6.02. The Labute approximate surface area is 129 Å². The van der Waals surface area contributed by atoms with Crippen LogP contribution in [0.3, 0.4) is 0 Å². The van der Waals surface area contributed by atoms with Gasteiger partial charge in [0.2, 0.25) is 0 Å². The number of nitriles is 1. The maximum Gasteiger partial charge on any atom is 0.134 e. The molecule has 0 N–H and O–H groups in total. The standard InChI is InChI=1S/C19H16N2O/c1-21-11-15-4-2-3-5-17(15)19(12-20,13-21)16-7-6-14-8-9-22-18(14)10-16/h2-10H,11,13H2,1H3. The molecular weight excluding hydrogens is 272 g/mol. The van der Waals surface area contributed by atoms with Crippen molar-refractivity contribution in [2.45, 2.75) is 12.0 Å². The Morgan fingerprint density at radius 3 is 2.91 bits per heavy atom. The third-order valence-electron chi connectivity index (χ3n) is 4.56. The average Bonchev–Trinajstić information content (AvgIpc) is 3.01. The summed E-state index contributed by atoms with van der Waals surface area (Å²) in [5.74, 6) is 0. The predicted molar refractivity (Wildman–Crippen MR) is 85.4 cm³/mol. The van der Waals surface area contributed by atoms with E-state index in [2.05, 4.69) is 36.2 Å². The summed E-state index contributed by atoms with van der Waals surface area (Å²) in [7, 11) is 2.06. The largest absolute Gasteiger partial charge is 0.464 e. The molecule has 0 spiro atoms. The summed E-state index contributed by atoms with van der Waals surface area (Å²) in [4.78, 5) is 2.21. The van der Waals surface area contributed by atoms with E-state index in [9.17, 15) is 5.26 Å². The van der Waals surface area contributed by atoms with Gasteiger partial charge in [-0.2, -0.15) is 5.26 Å². The van der Waals surface area contributed by atoms with Gasteiger partial charge in [-0.25, -0.2) is 0 Å². The molecule has 0 radical (unpaired) electrons. The van der Waals surface area contributed by atoms with E-state index in [1.807, 2.05) is 30.3 Å². The van der Waals surface area contributed by atoms with Gasteiger partial charge in [0.25, 0.3) is 0 Å². The monoisotopic (exact) mass is 288 g/mol. The first kappa shape index (κ1) is 13.1. The lowest BCUT2D eigenvalue weighted by Crippen LogP contribution is -2.43. The van der Waals surface area contributed by atoms with Gasteiger partial charge in [-0.05, 0) is 35.9 Å². The lowest BCUT2D eigenvalue weighted by atomic mass is 9.71. The number of fused-ring (bicyclic) bond motifs is 2. The van der Waals surface area contributed by atoms with Gasteiger partial charge in [0.15, 0.2) is 0 Å².